The van der Waals surface area contributed by atoms with Gasteiger partial charge in [-0.2, -0.15) is 0 Å². The zero-order valence-corrected chi connectivity index (χ0v) is 50.2. The Morgan fingerprint density at radius 1 is 0.241 bits per heavy atom. The molecule has 0 aromatic carbocycles. The minimum atomic E-state index is -0.266. The van der Waals surface area contributed by atoms with E-state index in [0.717, 1.165) is 13.0 Å². The third-order valence-electron chi connectivity index (χ3n) is 11.9. The van der Waals surface area contributed by atoms with Crippen LogP contribution in [0.5, 0.6) is 0 Å². The van der Waals surface area contributed by atoms with Crippen LogP contribution in [-0.2, 0) is 85.3 Å². The first kappa shape index (κ1) is 78.2. The second-order valence-electron chi connectivity index (χ2n) is 18.6. The largest absolute Gasteiger partial charge is 0.394 e. The van der Waals surface area contributed by atoms with Crippen molar-refractivity contribution < 1.29 is 95.5 Å². The van der Waals surface area contributed by atoms with Gasteiger partial charge in [0.05, 0.1) is 238 Å². The highest BCUT2D eigenvalue weighted by molar-refractivity contribution is 4.65. The van der Waals surface area contributed by atoms with Gasteiger partial charge >= 0.3 is 0 Å². The number of rotatable bonds is 74. The SMILES string of the molecule is CCCCCCCCCCCCCCCCCCN(CCOCCOCCOCCOCCOCCOCCOCCOCCOCCO)C(COCCOCCOCCOCCOCCOCCO)OCCOCCOCC. The molecule has 0 bridgehead atoms. The van der Waals surface area contributed by atoms with Crippen LogP contribution in [-0.4, -0.2) is 279 Å². The van der Waals surface area contributed by atoms with Crippen LogP contribution in [0.4, 0.5) is 0 Å². The number of aliphatic hydroxyl groups excluding tert-OH is 2. The van der Waals surface area contributed by atoms with Gasteiger partial charge in [-0.1, -0.05) is 103 Å². The summed E-state index contributed by atoms with van der Waals surface area (Å²) >= 11 is 0. The Kier molecular flexibility index (Phi) is 72.5. The molecular formula is C58H119NO20. The molecule has 1 atom stereocenters. The predicted molar refractivity (Wildman–Crippen MR) is 305 cm³/mol. The summed E-state index contributed by atoms with van der Waals surface area (Å²) in [6, 6.07) is 0. The molecule has 0 saturated carbocycles. The summed E-state index contributed by atoms with van der Waals surface area (Å²) in [5.41, 5.74) is 0. The van der Waals surface area contributed by atoms with Crippen molar-refractivity contribution in [1.29, 1.82) is 0 Å². The molecule has 0 aromatic rings. The molecule has 476 valence electrons. The maximum Gasteiger partial charge on any atom is 0.134 e. The highest BCUT2D eigenvalue weighted by Crippen LogP contribution is 2.15. The third kappa shape index (κ3) is 67.8. The second-order valence-corrected chi connectivity index (χ2v) is 18.6. The van der Waals surface area contributed by atoms with E-state index in [0.29, 0.717) is 238 Å². The van der Waals surface area contributed by atoms with Crippen LogP contribution in [0.2, 0.25) is 0 Å². The number of aliphatic hydroxyl groups is 2. The van der Waals surface area contributed by atoms with E-state index in [1.807, 2.05) is 6.92 Å². The molecule has 0 spiro atoms. The number of ether oxygens (including phenoxy) is 18. The maximum atomic E-state index is 8.73. The molecule has 0 radical (unpaired) electrons. The van der Waals surface area contributed by atoms with Crippen LogP contribution in [0.15, 0.2) is 0 Å². The quantitative estimate of drug-likeness (QED) is 0.0515. The van der Waals surface area contributed by atoms with E-state index < -0.39 is 0 Å². The van der Waals surface area contributed by atoms with Crippen molar-refractivity contribution in [2.24, 2.45) is 0 Å². The van der Waals surface area contributed by atoms with Crippen LogP contribution in [0.3, 0.4) is 0 Å². The van der Waals surface area contributed by atoms with Gasteiger partial charge in [-0.05, 0) is 13.3 Å². The molecule has 0 heterocycles. The lowest BCUT2D eigenvalue weighted by Gasteiger charge is -2.31. The maximum absolute atomic E-state index is 8.73. The number of nitrogens with zero attached hydrogens (tertiary/aromatic N) is 1. The van der Waals surface area contributed by atoms with Gasteiger partial charge in [0.25, 0.3) is 0 Å². The summed E-state index contributed by atoms with van der Waals surface area (Å²) in [7, 11) is 0. The fourth-order valence-electron chi connectivity index (χ4n) is 7.59. The van der Waals surface area contributed by atoms with Crippen LogP contribution in [0, 0.1) is 0 Å². The van der Waals surface area contributed by atoms with Crippen LogP contribution < -0.4 is 0 Å². The van der Waals surface area contributed by atoms with E-state index in [-0.39, 0.29) is 19.4 Å². The Morgan fingerprint density at radius 2 is 0.481 bits per heavy atom. The summed E-state index contributed by atoms with van der Waals surface area (Å²) in [6.07, 6.45) is 21.0. The molecule has 0 fully saturated rings. The Bertz CT molecular complexity index is 1070. The van der Waals surface area contributed by atoms with Gasteiger partial charge in [0, 0.05) is 19.7 Å². The lowest BCUT2D eigenvalue weighted by Crippen LogP contribution is -2.44. The third-order valence-corrected chi connectivity index (χ3v) is 11.9. The Hall–Kier alpha value is -0.840. The number of hydrogen-bond acceptors (Lipinski definition) is 21. The first-order valence-corrected chi connectivity index (χ1v) is 30.7. The molecule has 0 aliphatic heterocycles. The molecule has 0 saturated heterocycles. The molecule has 79 heavy (non-hydrogen) atoms. The summed E-state index contributed by atoms with van der Waals surface area (Å²) in [6.45, 7) is 22.5. The van der Waals surface area contributed by atoms with Crippen molar-refractivity contribution in [2.45, 2.75) is 123 Å². The Labute approximate surface area is 479 Å². The smallest absolute Gasteiger partial charge is 0.134 e. The van der Waals surface area contributed by atoms with Gasteiger partial charge in [-0.25, -0.2) is 0 Å². The molecule has 2 N–H and O–H groups in total. The van der Waals surface area contributed by atoms with Crippen molar-refractivity contribution in [1.82, 2.24) is 4.90 Å². The molecule has 0 amide bonds. The first-order chi connectivity index (χ1) is 39.3. The van der Waals surface area contributed by atoms with Crippen LogP contribution in [0.1, 0.15) is 117 Å². The Morgan fingerprint density at radius 3 is 0.772 bits per heavy atom. The van der Waals surface area contributed by atoms with Crippen LogP contribution >= 0.6 is 0 Å². The fourth-order valence-corrected chi connectivity index (χ4v) is 7.59. The highest BCUT2D eigenvalue weighted by atomic mass is 16.6. The molecule has 21 nitrogen and oxygen atoms in total. The van der Waals surface area contributed by atoms with Crippen molar-refractivity contribution >= 4 is 0 Å². The van der Waals surface area contributed by atoms with Gasteiger partial charge in [0.15, 0.2) is 0 Å². The lowest BCUT2D eigenvalue weighted by molar-refractivity contribution is -0.123. The van der Waals surface area contributed by atoms with E-state index >= 15 is 0 Å². The summed E-state index contributed by atoms with van der Waals surface area (Å²) in [4.78, 5) is 2.35. The molecular weight excluding hydrogens is 1030 g/mol. The standard InChI is InChI=1S/C58H119NO20/c1-3-5-6-7-8-9-10-11-12-13-14-15-16-17-18-19-20-59(21-24-63-29-32-66-35-38-69-41-43-72-45-47-74-48-46-73-44-42-70-39-36-67-33-30-64-25-22-60)58(79-56-55-77-28-27-62-4-2)57-78-54-53-76-52-51-75-50-49-71-40-37-68-34-31-65-26-23-61/h58,60-61H,3-57H2,1-2H3. The molecule has 0 rings (SSSR count). The number of hydrogen-bond donors (Lipinski definition) is 2. The molecule has 21 heteroatoms. The summed E-state index contributed by atoms with van der Waals surface area (Å²) in [5, 5.41) is 17.4. The minimum absolute atomic E-state index is 0.0133. The molecule has 0 aliphatic carbocycles. The molecule has 0 aromatic heterocycles. The average molecular weight is 1150 g/mol. The average Bonchev–Trinajstić information content (AvgIpc) is 3.46. The van der Waals surface area contributed by atoms with Crippen molar-refractivity contribution in [3.05, 3.63) is 0 Å². The van der Waals surface area contributed by atoms with Gasteiger partial charge in [0.2, 0.25) is 0 Å². The van der Waals surface area contributed by atoms with E-state index in [4.69, 9.17) is 95.5 Å². The summed E-state index contributed by atoms with van der Waals surface area (Å²) in [5.74, 6) is 0. The minimum Gasteiger partial charge on any atom is -0.394 e. The topological polar surface area (TPSA) is 210 Å². The molecule has 0 aliphatic rings. The van der Waals surface area contributed by atoms with Gasteiger partial charge in [-0.15, -0.1) is 0 Å². The van der Waals surface area contributed by atoms with E-state index in [1.165, 1.54) is 96.3 Å². The first-order valence-electron chi connectivity index (χ1n) is 30.7. The van der Waals surface area contributed by atoms with Crippen LogP contribution in [0.25, 0.3) is 0 Å². The zero-order valence-electron chi connectivity index (χ0n) is 50.2. The van der Waals surface area contributed by atoms with Crippen molar-refractivity contribution in [3.63, 3.8) is 0 Å². The van der Waals surface area contributed by atoms with Crippen molar-refractivity contribution in [3.8, 4) is 0 Å². The summed E-state index contributed by atoms with van der Waals surface area (Å²) < 4.78 is 101. The number of unbranched alkanes of at least 4 members (excludes halogenated alkanes) is 15. The Balaban J connectivity index is 4.54. The monoisotopic (exact) mass is 1150 g/mol. The predicted octanol–water partition coefficient (Wildman–Crippen LogP) is 6.18. The van der Waals surface area contributed by atoms with Crippen molar-refractivity contribution in [2.75, 3.05) is 258 Å². The van der Waals surface area contributed by atoms with E-state index in [9.17, 15) is 0 Å². The van der Waals surface area contributed by atoms with Gasteiger partial charge < -0.3 is 95.5 Å². The molecule has 1 unspecified atom stereocenters. The second kappa shape index (κ2) is 73.3. The zero-order chi connectivity index (χ0) is 56.8. The van der Waals surface area contributed by atoms with E-state index in [2.05, 4.69) is 11.8 Å². The lowest BCUT2D eigenvalue weighted by atomic mass is 10.0. The van der Waals surface area contributed by atoms with E-state index in [1.54, 1.807) is 0 Å². The normalized spacial score (nSPS) is 12.3. The van der Waals surface area contributed by atoms with Gasteiger partial charge in [-0.3, -0.25) is 4.90 Å². The fraction of sp³-hybridized carbons (Fsp3) is 1.00. The highest BCUT2D eigenvalue weighted by Gasteiger charge is 2.20. The van der Waals surface area contributed by atoms with Gasteiger partial charge in [0.1, 0.15) is 6.23 Å².